The number of fused-ring (bicyclic) bond motifs is 1. The van der Waals surface area contributed by atoms with Gasteiger partial charge in [0.15, 0.2) is 5.69 Å². The number of halogens is 1. The molecule has 2 heterocycles. The number of aromatic nitrogens is 2. The minimum atomic E-state index is -0.231. The lowest BCUT2D eigenvalue weighted by atomic mass is 10.1. The fourth-order valence-electron chi connectivity index (χ4n) is 2.84. The molecule has 0 saturated carbocycles. The molecule has 1 aromatic carbocycles. The van der Waals surface area contributed by atoms with Gasteiger partial charge in [-0.1, -0.05) is 12.1 Å². The Hall–Kier alpha value is -2.25. The van der Waals surface area contributed by atoms with Gasteiger partial charge in [-0.3, -0.25) is 9.89 Å². The van der Waals surface area contributed by atoms with Crippen molar-refractivity contribution >= 4 is 5.91 Å². The number of likely N-dealkylation sites (N-methyl/N-ethyl adjacent to an activating group) is 1. The highest BCUT2D eigenvalue weighted by Gasteiger charge is 2.21. The number of rotatable bonds is 6. The minimum Gasteiger partial charge on any atom is -0.349 e. The predicted molar refractivity (Wildman–Crippen MR) is 89.1 cm³/mol. The minimum absolute atomic E-state index is 0.147. The van der Waals surface area contributed by atoms with E-state index in [1.807, 2.05) is 7.05 Å². The van der Waals surface area contributed by atoms with Gasteiger partial charge in [0.05, 0.1) is 0 Å². The van der Waals surface area contributed by atoms with Crippen molar-refractivity contribution in [3.8, 4) is 0 Å². The van der Waals surface area contributed by atoms with Crippen molar-refractivity contribution in [2.75, 3.05) is 26.7 Å². The fourth-order valence-corrected chi connectivity index (χ4v) is 2.84. The van der Waals surface area contributed by atoms with Crippen molar-refractivity contribution in [3.63, 3.8) is 0 Å². The van der Waals surface area contributed by atoms with Crippen LogP contribution >= 0.6 is 0 Å². The zero-order valence-electron chi connectivity index (χ0n) is 13.7. The zero-order chi connectivity index (χ0) is 16.9. The number of nitrogens with one attached hydrogen (secondary N) is 3. The van der Waals surface area contributed by atoms with Crippen molar-refractivity contribution in [3.05, 3.63) is 52.6 Å². The molecular formula is C17H22FN5O. The van der Waals surface area contributed by atoms with E-state index < -0.39 is 0 Å². The Balaban J connectivity index is 1.46. The molecule has 0 saturated heterocycles. The first-order valence-electron chi connectivity index (χ1n) is 8.11. The third-order valence-electron chi connectivity index (χ3n) is 4.17. The molecule has 0 atom stereocenters. The van der Waals surface area contributed by atoms with Gasteiger partial charge in [0.1, 0.15) is 5.82 Å². The van der Waals surface area contributed by atoms with Crippen LogP contribution in [0.3, 0.4) is 0 Å². The predicted octanol–water partition coefficient (Wildman–Crippen LogP) is 1.06. The van der Waals surface area contributed by atoms with Crippen LogP contribution in [-0.2, 0) is 19.5 Å². The third kappa shape index (κ3) is 3.98. The molecule has 1 aliphatic heterocycles. The average molecular weight is 331 g/mol. The molecule has 0 unspecified atom stereocenters. The average Bonchev–Trinajstić information content (AvgIpc) is 3.01. The first kappa shape index (κ1) is 16.6. The second-order valence-corrected chi connectivity index (χ2v) is 6.08. The molecule has 0 spiro atoms. The highest BCUT2D eigenvalue weighted by atomic mass is 19.1. The van der Waals surface area contributed by atoms with E-state index in [4.69, 9.17) is 0 Å². The van der Waals surface area contributed by atoms with Crippen LogP contribution < -0.4 is 10.6 Å². The smallest absolute Gasteiger partial charge is 0.272 e. The van der Waals surface area contributed by atoms with Crippen LogP contribution in [0.1, 0.15) is 27.3 Å². The Morgan fingerprint density at radius 3 is 2.96 bits per heavy atom. The van der Waals surface area contributed by atoms with E-state index in [1.54, 1.807) is 12.1 Å². The molecule has 1 aliphatic rings. The Bertz CT molecular complexity index is 698. The summed E-state index contributed by atoms with van der Waals surface area (Å²) in [4.78, 5) is 14.4. The number of benzene rings is 1. The van der Waals surface area contributed by atoms with Gasteiger partial charge in [-0.25, -0.2) is 4.39 Å². The molecule has 24 heavy (non-hydrogen) atoms. The Morgan fingerprint density at radius 1 is 1.38 bits per heavy atom. The van der Waals surface area contributed by atoms with Crippen LogP contribution in [0, 0.1) is 5.82 Å². The number of carbonyl (C=O) groups is 1. The van der Waals surface area contributed by atoms with Gasteiger partial charge >= 0.3 is 0 Å². The van der Waals surface area contributed by atoms with Gasteiger partial charge in [0, 0.05) is 50.4 Å². The van der Waals surface area contributed by atoms with Gasteiger partial charge in [-0.15, -0.1) is 0 Å². The van der Waals surface area contributed by atoms with E-state index in [1.165, 1.54) is 12.1 Å². The van der Waals surface area contributed by atoms with E-state index in [0.29, 0.717) is 31.9 Å². The molecule has 6 nitrogen and oxygen atoms in total. The second-order valence-electron chi connectivity index (χ2n) is 6.08. The van der Waals surface area contributed by atoms with Crippen molar-refractivity contribution in [2.45, 2.75) is 19.5 Å². The molecule has 3 N–H and O–H groups in total. The summed E-state index contributed by atoms with van der Waals surface area (Å²) in [7, 11) is 1.97. The first-order chi connectivity index (χ1) is 11.6. The molecular weight excluding hydrogens is 309 g/mol. The van der Waals surface area contributed by atoms with Crippen LogP contribution in [0.25, 0.3) is 0 Å². The summed E-state index contributed by atoms with van der Waals surface area (Å²) in [5, 5.41) is 13.3. The summed E-state index contributed by atoms with van der Waals surface area (Å²) in [6.45, 7) is 3.53. The van der Waals surface area contributed by atoms with E-state index in [9.17, 15) is 9.18 Å². The largest absolute Gasteiger partial charge is 0.349 e. The Morgan fingerprint density at radius 2 is 2.17 bits per heavy atom. The third-order valence-corrected chi connectivity index (χ3v) is 4.17. The summed E-state index contributed by atoms with van der Waals surface area (Å²) < 4.78 is 12.9. The number of H-pyrrole nitrogens is 1. The van der Waals surface area contributed by atoms with Crippen molar-refractivity contribution in [2.24, 2.45) is 0 Å². The number of nitrogens with zero attached hydrogens (tertiary/aromatic N) is 2. The monoisotopic (exact) mass is 331 g/mol. The summed E-state index contributed by atoms with van der Waals surface area (Å²) in [6.07, 6.45) is 0.871. The molecule has 0 radical (unpaired) electrons. The Labute approximate surface area is 140 Å². The van der Waals surface area contributed by atoms with Crippen LogP contribution in [-0.4, -0.2) is 47.7 Å². The number of carbonyl (C=O) groups excluding carboxylic acids is 1. The Kier molecular flexibility index (Phi) is 5.22. The standard InChI is InChI=1S/C17H22FN5O/c1-23(11-12-2-4-13(18)5-3-12)9-8-20-17(24)16-14-10-19-7-6-15(14)21-22-16/h2-5,19H,6-11H2,1H3,(H,20,24)(H,21,22). The SMILES string of the molecule is CN(CCNC(=O)c1n[nH]c2c1CNCC2)Cc1ccc(F)cc1. The van der Waals surface area contributed by atoms with Crippen molar-refractivity contribution < 1.29 is 9.18 Å². The fraction of sp³-hybridized carbons (Fsp3) is 0.412. The molecule has 0 bridgehead atoms. The topological polar surface area (TPSA) is 73.0 Å². The molecule has 1 amide bonds. The second kappa shape index (κ2) is 7.55. The molecule has 0 aliphatic carbocycles. The number of aromatic amines is 1. The zero-order valence-corrected chi connectivity index (χ0v) is 13.7. The van der Waals surface area contributed by atoms with E-state index in [0.717, 1.165) is 29.8 Å². The highest BCUT2D eigenvalue weighted by molar-refractivity contribution is 5.94. The lowest BCUT2D eigenvalue weighted by molar-refractivity contribution is 0.0943. The molecule has 0 fully saturated rings. The van der Waals surface area contributed by atoms with E-state index in [2.05, 4.69) is 25.7 Å². The normalized spacial score (nSPS) is 13.8. The molecule has 1 aromatic heterocycles. The van der Waals surface area contributed by atoms with Crippen LogP contribution in [0.4, 0.5) is 4.39 Å². The summed E-state index contributed by atoms with van der Waals surface area (Å²) in [5.41, 5.74) is 3.54. The summed E-state index contributed by atoms with van der Waals surface area (Å²) >= 11 is 0. The lowest BCUT2D eigenvalue weighted by Crippen LogP contribution is -2.34. The maximum Gasteiger partial charge on any atom is 0.272 e. The number of hydrogen-bond donors (Lipinski definition) is 3. The van der Waals surface area contributed by atoms with Crippen molar-refractivity contribution in [1.82, 2.24) is 25.7 Å². The van der Waals surface area contributed by atoms with Gasteiger partial charge in [-0.05, 0) is 24.7 Å². The quantitative estimate of drug-likeness (QED) is 0.740. The lowest BCUT2D eigenvalue weighted by Gasteiger charge is -2.17. The maximum absolute atomic E-state index is 12.9. The van der Waals surface area contributed by atoms with Crippen LogP contribution in [0.5, 0.6) is 0 Å². The molecule has 128 valence electrons. The van der Waals surface area contributed by atoms with Gasteiger partial charge < -0.3 is 15.5 Å². The van der Waals surface area contributed by atoms with Crippen LogP contribution in [0.15, 0.2) is 24.3 Å². The molecule has 3 rings (SSSR count). The number of hydrogen-bond acceptors (Lipinski definition) is 4. The first-order valence-corrected chi connectivity index (χ1v) is 8.11. The summed E-state index contributed by atoms with van der Waals surface area (Å²) in [6, 6.07) is 6.46. The van der Waals surface area contributed by atoms with Crippen molar-refractivity contribution in [1.29, 1.82) is 0 Å². The number of amides is 1. The maximum atomic E-state index is 12.9. The van der Waals surface area contributed by atoms with Gasteiger partial charge in [0.25, 0.3) is 5.91 Å². The van der Waals surface area contributed by atoms with Gasteiger partial charge in [-0.2, -0.15) is 5.10 Å². The highest BCUT2D eigenvalue weighted by Crippen LogP contribution is 2.14. The van der Waals surface area contributed by atoms with Gasteiger partial charge in [0.2, 0.25) is 0 Å². The van der Waals surface area contributed by atoms with E-state index >= 15 is 0 Å². The molecule has 2 aromatic rings. The molecule has 7 heteroatoms. The van der Waals surface area contributed by atoms with E-state index in [-0.39, 0.29) is 11.7 Å². The summed E-state index contributed by atoms with van der Waals surface area (Å²) in [5.74, 6) is -0.378. The van der Waals surface area contributed by atoms with Crippen LogP contribution in [0.2, 0.25) is 0 Å².